The monoisotopic (exact) mass is 254 g/mol. The van der Waals surface area contributed by atoms with Gasteiger partial charge in [-0.25, -0.2) is 0 Å². The molecule has 2 heteroatoms. The highest BCUT2D eigenvalue weighted by Crippen LogP contribution is 2.32. The number of methoxy groups -OCH3 is 1. The molecular weight excluding hydrogens is 236 g/mol. The minimum atomic E-state index is 0.533. The molecular formula is C17H18O2. The van der Waals surface area contributed by atoms with Gasteiger partial charge in [-0.1, -0.05) is 48.5 Å². The zero-order valence-corrected chi connectivity index (χ0v) is 11.1. The number of benzene rings is 2. The SMILES string of the molecule is C=CCc1cccc(OC)c1OCc1ccccc1. The van der Waals surface area contributed by atoms with E-state index in [4.69, 9.17) is 9.47 Å². The summed E-state index contributed by atoms with van der Waals surface area (Å²) in [5, 5.41) is 0. The molecule has 0 N–H and O–H groups in total. The van der Waals surface area contributed by atoms with Crippen LogP contribution in [0.2, 0.25) is 0 Å². The lowest BCUT2D eigenvalue weighted by atomic mass is 10.1. The van der Waals surface area contributed by atoms with Crippen LogP contribution in [0.25, 0.3) is 0 Å². The van der Waals surface area contributed by atoms with Crippen LogP contribution < -0.4 is 9.47 Å². The quantitative estimate of drug-likeness (QED) is 0.725. The molecule has 0 aliphatic heterocycles. The van der Waals surface area contributed by atoms with Gasteiger partial charge in [0.1, 0.15) is 6.61 Å². The molecule has 0 saturated heterocycles. The summed E-state index contributed by atoms with van der Waals surface area (Å²) in [4.78, 5) is 0. The Morgan fingerprint density at radius 1 is 1.05 bits per heavy atom. The number of hydrogen-bond acceptors (Lipinski definition) is 2. The van der Waals surface area contributed by atoms with Crippen LogP contribution in [-0.2, 0) is 13.0 Å². The Morgan fingerprint density at radius 2 is 1.84 bits per heavy atom. The van der Waals surface area contributed by atoms with Gasteiger partial charge in [0.2, 0.25) is 0 Å². The molecule has 0 unspecified atom stereocenters. The van der Waals surface area contributed by atoms with Crippen LogP contribution in [-0.4, -0.2) is 7.11 Å². The summed E-state index contributed by atoms with van der Waals surface area (Å²) < 4.78 is 11.3. The van der Waals surface area contributed by atoms with Crippen LogP contribution >= 0.6 is 0 Å². The van der Waals surface area contributed by atoms with Crippen molar-refractivity contribution < 1.29 is 9.47 Å². The first kappa shape index (κ1) is 13.2. The second kappa shape index (κ2) is 6.64. The van der Waals surface area contributed by atoms with E-state index in [2.05, 4.69) is 6.58 Å². The Morgan fingerprint density at radius 3 is 2.53 bits per heavy atom. The van der Waals surface area contributed by atoms with Crippen LogP contribution in [0.15, 0.2) is 61.2 Å². The van der Waals surface area contributed by atoms with E-state index in [-0.39, 0.29) is 0 Å². The highest BCUT2D eigenvalue weighted by Gasteiger charge is 2.09. The Balaban J connectivity index is 2.20. The second-order valence-corrected chi connectivity index (χ2v) is 4.22. The van der Waals surface area contributed by atoms with Gasteiger partial charge in [0.15, 0.2) is 11.5 Å². The fourth-order valence-electron chi connectivity index (χ4n) is 1.93. The number of rotatable bonds is 6. The van der Waals surface area contributed by atoms with Gasteiger partial charge in [0.05, 0.1) is 7.11 Å². The van der Waals surface area contributed by atoms with Crippen molar-refractivity contribution in [3.63, 3.8) is 0 Å². The maximum Gasteiger partial charge on any atom is 0.165 e. The van der Waals surface area contributed by atoms with Gasteiger partial charge >= 0.3 is 0 Å². The van der Waals surface area contributed by atoms with Crippen LogP contribution in [0.5, 0.6) is 11.5 Å². The summed E-state index contributed by atoms with van der Waals surface area (Å²) in [5.74, 6) is 1.56. The molecule has 0 spiro atoms. The topological polar surface area (TPSA) is 18.5 Å². The molecule has 0 bridgehead atoms. The van der Waals surface area contributed by atoms with Crippen molar-refractivity contribution in [3.05, 3.63) is 72.3 Å². The third-order valence-corrected chi connectivity index (χ3v) is 2.87. The Labute approximate surface area is 114 Å². The van der Waals surface area contributed by atoms with E-state index < -0.39 is 0 Å². The first-order valence-electron chi connectivity index (χ1n) is 6.28. The minimum Gasteiger partial charge on any atom is -0.493 e. The molecule has 2 rings (SSSR count). The van der Waals surface area contributed by atoms with Gasteiger partial charge in [-0.05, 0) is 18.1 Å². The predicted molar refractivity (Wildman–Crippen MR) is 77.7 cm³/mol. The van der Waals surface area contributed by atoms with Crippen molar-refractivity contribution >= 4 is 0 Å². The van der Waals surface area contributed by atoms with Crippen molar-refractivity contribution in [1.82, 2.24) is 0 Å². The molecule has 19 heavy (non-hydrogen) atoms. The zero-order chi connectivity index (χ0) is 13.5. The molecule has 2 aromatic rings. The van der Waals surface area contributed by atoms with Crippen molar-refractivity contribution in [2.75, 3.05) is 7.11 Å². The maximum absolute atomic E-state index is 5.92. The molecule has 0 aromatic heterocycles. The average molecular weight is 254 g/mol. The molecule has 2 aromatic carbocycles. The highest BCUT2D eigenvalue weighted by molar-refractivity contribution is 5.47. The average Bonchev–Trinajstić information content (AvgIpc) is 2.47. The molecule has 0 atom stereocenters. The molecule has 0 fully saturated rings. The Kier molecular flexibility index (Phi) is 4.62. The van der Waals surface area contributed by atoms with Gasteiger partial charge in [0.25, 0.3) is 0 Å². The molecule has 0 radical (unpaired) electrons. The minimum absolute atomic E-state index is 0.533. The van der Waals surface area contributed by atoms with Crippen LogP contribution in [0.1, 0.15) is 11.1 Å². The van der Waals surface area contributed by atoms with Gasteiger partial charge in [-0.3, -0.25) is 0 Å². The lowest BCUT2D eigenvalue weighted by molar-refractivity contribution is 0.282. The van der Waals surface area contributed by atoms with Crippen LogP contribution in [0, 0.1) is 0 Å². The van der Waals surface area contributed by atoms with E-state index in [0.29, 0.717) is 6.61 Å². The normalized spacial score (nSPS) is 9.95. The third kappa shape index (κ3) is 3.38. The van der Waals surface area contributed by atoms with E-state index in [1.165, 1.54) is 0 Å². The third-order valence-electron chi connectivity index (χ3n) is 2.87. The fourth-order valence-corrected chi connectivity index (χ4v) is 1.93. The van der Waals surface area contributed by atoms with Crippen molar-refractivity contribution in [3.8, 4) is 11.5 Å². The van der Waals surface area contributed by atoms with E-state index in [0.717, 1.165) is 29.0 Å². The molecule has 0 aliphatic carbocycles. The van der Waals surface area contributed by atoms with E-state index in [1.807, 2.05) is 54.6 Å². The van der Waals surface area contributed by atoms with Gasteiger partial charge in [-0.2, -0.15) is 0 Å². The smallest absolute Gasteiger partial charge is 0.165 e. The summed E-state index contributed by atoms with van der Waals surface area (Å²) in [7, 11) is 1.66. The summed E-state index contributed by atoms with van der Waals surface area (Å²) in [6, 6.07) is 16.0. The lowest BCUT2D eigenvalue weighted by Gasteiger charge is -2.14. The number of hydrogen-bond donors (Lipinski definition) is 0. The number of para-hydroxylation sites is 1. The van der Waals surface area contributed by atoms with Crippen LogP contribution in [0.3, 0.4) is 0 Å². The van der Waals surface area contributed by atoms with E-state index in [9.17, 15) is 0 Å². The summed E-state index contributed by atoms with van der Waals surface area (Å²) >= 11 is 0. The first-order valence-corrected chi connectivity index (χ1v) is 6.28. The standard InChI is InChI=1S/C17H18O2/c1-3-8-15-11-7-12-16(18-2)17(15)19-13-14-9-5-4-6-10-14/h3-7,9-12H,1,8,13H2,2H3. The largest absolute Gasteiger partial charge is 0.493 e. The Hall–Kier alpha value is -2.22. The number of allylic oxidation sites excluding steroid dienone is 1. The summed E-state index contributed by atoms with van der Waals surface area (Å²) in [6.07, 6.45) is 2.63. The molecule has 2 nitrogen and oxygen atoms in total. The maximum atomic E-state index is 5.92. The molecule has 98 valence electrons. The predicted octanol–water partition coefficient (Wildman–Crippen LogP) is 4.00. The number of ether oxygens (including phenoxy) is 2. The first-order chi connectivity index (χ1) is 9.35. The van der Waals surface area contributed by atoms with Crippen molar-refractivity contribution in [1.29, 1.82) is 0 Å². The van der Waals surface area contributed by atoms with Crippen LogP contribution in [0.4, 0.5) is 0 Å². The Bertz CT molecular complexity index is 532. The second-order valence-electron chi connectivity index (χ2n) is 4.22. The molecule has 0 amide bonds. The van der Waals surface area contributed by atoms with Crippen molar-refractivity contribution in [2.45, 2.75) is 13.0 Å². The zero-order valence-electron chi connectivity index (χ0n) is 11.1. The highest BCUT2D eigenvalue weighted by atomic mass is 16.5. The van der Waals surface area contributed by atoms with E-state index >= 15 is 0 Å². The summed E-state index contributed by atoms with van der Waals surface area (Å²) in [5.41, 5.74) is 2.23. The van der Waals surface area contributed by atoms with Gasteiger partial charge < -0.3 is 9.47 Å². The molecule has 0 aliphatic rings. The van der Waals surface area contributed by atoms with Gasteiger partial charge in [-0.15, -0.1) is 6.58 Å². The van der Waals surface area contributed by atoms with Crippen molar-refractivity contribution in [2.24, 2.45) is 0 Å². The summed E-state index contributed by atoms with van der Waals surface area (Å²) in [6.45, 7) is 4.31. The molecule has 0 saturated carbocycles. The van der Waals surface area contributed by atoms with Gasteiger partial charge in [0, 0.05) is 5.56 Å². The fraction of sp³-hybridized carbons (Fsp3) is 0.176. The molecule has 0 heterocycles. The lowest BCUT2D eigenvalue weighted by Crippen LogP contribution is -2.00. The van der Waals surface area contributed by atoms with E-state index in [1.54, 1.807) is 7.11 Å².